The van der Waals surface area contributed by atoms with E-state index in [4.69, 9.17) is 10.5 Å². The first kappa shape index (κ1) is 12.8. The minimum absolute atomic E-state index is 0.105. The molecule has 0 aliphatic carbocycles. The molecule has 0 aliphatic heterocycles. The van der Waals surface area contributed by atoms with Gasteiger partial charge in [0.2, 0.25) is 0 Å². The van der Waals surface area contributed by atoms with E-state index in [0.29, 0.717) is 6.61 Å². The van der Waals surface area contributed by atoms with Gasteiger partial charge in [0.1, 0.15) is 5.70 Å². The first-order valence-electron chi connectivity index (χ1n) is 4.95. The van der Waals surface area contributed by atoms with Crippen LogP contribution in [-0.2, 0) is 9.53 Å². The van der Waals surface area contributed by atoms with Gasteiger partial charge in [-0.15, -0.1) is 0 Å². The van der Waals surface area contributed by atoms with Crippen molar-refractivity contribution in [1.82, 2.24) is 0 Å². The van der Waals surface area contributed by atoms with E-state index in [1.807, 2.05) is 25.1 Å². The zero-order chi connectivity index (χ0) is 12.1. The molecule has 0 saturated carbocycles. The number of aryl methyl sites for hydroxylation is 1. The van der Waals surface area contributed by atoms with Crippen LogP contribution in [0.3, 0.4) is 0 Å². The summed E-state index contributed by atoms with van der Waals surface area (Å²) in [6.45, 7) is 4.04. The van der Waals surface area contributed by atoms with Gasteiger partial charge in [-0.3, -0.25) is 0 Å². The number of benzene rings is 1. The molecule has 1 aromatic carbocycles. The number of hydrogen-bond acceptors (Lipinski definition) is 3. The van der Waals surface area contributed by atoms with Crippen molar-refractivity contribution in [2.24, 2.45) is 5.73 Å². The van der Waals surface area contributed by atoms with Crippen LogP contribution in [0.2, 0.25) is 0 Å². The summed E-state index contributed by atoms with van der Waals surface area (Å²) in [5.41, 5.74) is 7.68. The van der Waals surface area contributed by atoms with E-state index in [1.54, 1.807) is 13.0 Å². The van der Waals surface area contributed by atoms with Crippen LogP contribution in [0.4, 0.5) is 0 Å². The van der Waals surface area contributed by atoms with E-state index in [2.05, 4.69) is 15.9 Å². The summed E-state index contributed by atoms with van der Waals surface area (Å²) < 4.78 is 5.73. The van der Waals surface area contributed by atoms with Crippen molar-refractivity contribution >= 4 is 28.0 Å². The molecule has 1 aromatic rings. The summed E-state index contributed by atoms with van der Waals surface area (Å²) in [7, 11) is 0. The molecular weight excluding hydrogens is 270 g/mol. The summed E-state index contributed by atoms with van der Waals surface area (Å²) in [5.74, 6) is -0.490. The molecule has 0 bridgehead atoms. The van der Waals surface area contributed by atoms with Crippen LogP contribution in [0.1, 0.15) is 18.1 Å². The van der Waals surface area contributed by atoms with Crippen molar-refractivity contribution in [3.63, 3.8) is 0 Å². The average molecular weight is 284 g/mol. The molecule has 1 rings (SSSR count). The van der Waals surface area contributed by atoms with Gasteiger partial charge in [-0.25, -0.2) is 4.79 Å². The molecule has 0 unspecified atom stereocenters. The monoisotopic (exact) mass is 283 g/mol. The number of carbonyl (C=O) groups excluding carboxylic acids is 1. The Morgan fingerprint density at radius 3 is 2.88 bits per heavy atom. The summed E-state index contributed by atoms with van der Waals surface area (Å²) in [6, 6.07) is 5.76. The number of esters is 1. The number of nitrogens with two attached hydrogens (primary N) is 1. The second-order valence-corrected chi connectivity index (χ2v) is 4.09. The second-order valence-electron chi connectivity index (χ2n) is 3.30. The van der Waals surface area contributed by atoms with Crippen molar-refractivity contribution in [1.29, 1.82) is 0 Å². The largest absolute Gasteiger partial charge is 0.461 e. The fourth-order valence-electron chi connectivity index (χ4n) is 1.22. The highest BCUT2D eigenvalue weighted by molar-refractivity contribution is 9.10. The highest BCUT2D eigenvalue weighted by Crippen LogP contribution is 2.22. The number of halogens is 1. The smallest absolute Gasteiger partial charge is 0.354 e. The van der Waals surface area contributed by atoms with Gasteiger partial charge in [0, 0.05) is 4.47 Å². The standard InChI is InChI=1S/C12H14BrNO2/c1-3-16-12(15)10(14)7-9-6-4-5-8(2)11(9)13/h4-7H,3,14H2,1-2H3/b10-7-. The Kier molecular flexibility index (Phi) is 4.55. The molecule has 0 amide bonds. The molecule has 0 aromatic heterocycles. The normalized spacial score (nSPS) is 11.3. The zero-order valence-electron chi connectivity index (χ0n) is 9.29. The lowest BCUT2D eigenvalue weighted by Crippen LogP contribution is -2.14. The van der Waals surface area contributed by atoms with Crippen LogP contribution in [0.5, 0.6) is 0 Å². The maximum atomic E-state index is 11.3. The van der Waals surface area contributed by atoms with Gasteiger partial charge in [0.05, 0.1) is 6.61 Å². The molecule has 0 fully saturated rings. The predicted octanol–water partition coefficient (Wildman–Crippen LogP) is 2.62. The summed E-state index contributed by atoms with van der Waals surface area (Å²) in [6.07, 6.45) is 1.61. The number of hydrogen-bond donors (Lipinski definition) is 1. The van der Waals surface area contributed by atoms with Crippen LogP contribution in [0.15, 0.2) is 28.4 Å². The molecule has 4 heteroatoms. The topological polar surface area (TPSA) is 52.3 Å². The number of carbonyl (C=O) groups is 1. The Hall–Kier alpha value is -1.29. The maximum Gasteiger partial charge on any atom is 0.354 e. The van der Waals surface area contributed by atoms with E-state index >= 15 is 0 Å². The molecule has 0 spiro atoms. The molecule has 0 heterocycles. The third kappa shape index (κ3) is 3.10. The van der Waals surface area contributed by atoms with Crippen LogP contribution in [-0.4, -0.2) is 12.6 Å². The Morgan fingerprint density at radius 1 is 1.56 bits per heavy atom. The summed E-state index contributed by atoms with van der Waals surface area (Å²) in [5, 5.41) is 0. The lowest BCUT2D eigenvalue weighted by molar-refractivity contribution is -0.138. The second kappa shape index (κ2) is 5.70. The maximum absolute atomic E-state index is 11.3. The van der Waals surface area contributed by atoms with Gasteiger partial charge >= 0.3 is 5.97 Å². The minimum atomic E-state index is -0.490. The summed E-state index contributed by atoms with van der Waals surface area (Å²) in [4.78, 5) is 11.3. The Bertz CT molecular complexity index is 427. The van der Waals surface area contributed by atoms with E-state index in [0.717, 1.165) is 15.6 Å². The highest BCUT2D eigenvalue weighted by Gasteiger charge is 2.07. The van der Waals surface area contributed by atoms with Crippen molar-refractivity contribution in [2.75, 3.05) is 6.61 Å². The van der Waals surface area contributed by atoms with E-state index in [1.165, 1.54) is 0 Å². The molecule has 0 radical (unpaired) electrons. The van der Waals surface area contributed by atoms with Crippen molar-refractivity contribution in [3.05, 3.63) is 39.5 Å². The van der Waals surface area contributed by atoms with Crippen molar-refractivity contribution in [3.8, 4) is 0 Å². The zero-order valence-corrected chi connectivity index (χ0v) is 10.9. The van der Waals surface area contributed by atoms with Crippen LogP contribution >= 0.6 is 15.9 Å². The summed E-state index contributed by atoms with van der Waals surface area (Å²) >= 11 is 3.44. The van der Waals surface area contributed by atoms with E-state index < -0.39 is 5.97 Å². The number of rotatable bonds is 3. The SMILES string of the molecule is CCOC(=O)/C(N)=C/c1cccc(C)c1Br. The quantitative estimate of drug-likeness (QED) is 0.685. The van der Waals surface area contributed by atoms with Gasteiger partial charge < -0.3 is 10.5 Å². The molecule has 86 valence electrons. The van der Waals surface area contributed by atoms with Gasteiger partial charge in [0.15, 0.2) is 0 Å². The Balaban J connectivity index is 2.98. The van der Waals surface area contributed by atoms with E-state index in [-0.39, 0.29) is 5.70 Å². The molecular formula is C12H14BrNO2. The first-order chi connectivity index (χ1) is 7.56. The van der Waals surface area contributed by atoms with Crippen molar-refractivity contribution < 1.29 is 9.53 Å². The van der Waals surface area contributed by atoms with Gasteiger partial charge in [0.25, 0.3) is 0 Å². The molecule has 0 aliphatic rings. The van der Waals surface area contributed by atoms with Gasteiger partial charge in [-0.2, -0.15) is 0 Å². The predicted molar refractivity (Wildman–Crippen MR) is 67.7 cm³/mol. The minimum Gasteiger partial charge on any atom is -0.461 e. The molecule has 2 N–H and O–H groups in total. The number of ether oxygens (including phenoxy) is 1. The molecule has 16 heavy (non-hydrogen) atoms. The Labute approximate surface area is 103 Å². The fourth-order valence-corrected chi connectivity index (χ4v) is 1.60. The van der Waals surface area contributed by atoms with Gasteiger partial charge in [-0.1, -0.05) is 18.2 Å². The van der Waals surface area contributed by atoms with Crippen molar-refractivity contribution in [2.45, 2.75) is 13.8 Å². The third-order valence-electron chi connectivity index (χ3n) is 2.04. The highest BCUT2D eigenvalue weighted by atomic mass is 79.9. The van der Waals surface area contributed by atoms with Crippen LogP contribution in [0, 0.1) is 6.92 Å². The molecule has 0 atom stereocenters. The average Bonchev–Trinajstić information content (AvgIpc) is 2.25. The third-order valence-corrected chi connectivity index (χ3v) is 3.13. The van der Waals surface area contributed by atoms with E-state index in [9.17, 15) is 4.79 Å². The van der Waals surface area contributed by atoms with Gasteiger partial charge in [-0.05, 0) is 47.0 Å². The molecule has 0 saturated heterocycles. The lowest BCUT2D eigenvalue weighted by atomic mass is 10.1. The van der Waals surface area contributed by atoms with Crippen LogP contribution in [0.25, 0.3) is 6.08 Å². The lowest BCUT2D eigenvalue weighted by Gasteiger charge is -2.04. The molecule has 3 nitrogen and oxygen atoms in total. The van der Waals surface area contributed by atoms with Crippen LogP contribution < -0.4 is 5.73 Å². The fraction of sp³-hybridized carbons (Fsp3) is 0.250. The Morgan fingerprint density at radius 2 is 2.25 bits per heavy atom. The first-order valence-corrected chi connectivity index (χ1v) is 5.75.